The van der Waals surface area contributed by atoms with Gasteiger partial charge in [0, 0.05) is 5.38 Å². The Kier molecular flexibility index (Phi) is 1.44. The number of rotatable bonds is 1. The van der Waals surface area contributed by atoms with Gasteiger partial charge in [-0.1, -0.05) is 6.58 Å². The summed E-state index contributed by atoms with van der Waals surface area (Å²) < 4.78 is 4.06. The lowest BCUT2D eigenvalue weighted by atomic mass is 10.3. The van der Waals surface area contributed by atoms with Crippen molar-refractivity contribution in [1.82, 2.24) is 4.37 Å². The molecule has 1 nitrogen and oxygen atoms in total. The predicted molar refractivity (Wildman–Crippen MR) is 36.9 cm³/mol. The van der Waals surface area contributed by atoms with E-state index in [1.165, 1.54) is 17.1 Å². The monoisotopic (exact) mass is 125 g/mol. The Morgan fingerprint density at radius 2 is 2.62 bits per heavy atom. The largest absolute Gasteiger partial charge is 0.193 e. The average molecular weight is 125 g/mol. The molecular weight excluding hydrogens is 118 g/mol. The first kappa shape index (κ1) is 5.51. The summed E-state index contributed by atoms with van der Waals surface area (Å²) in [6.45, 7) is 5.64. The zero-order valence-corrected chi connectivity index (χ0v) is 5.53. The first-order valence-electron chi connectivity index (χ1n) is 2.38. The highest BCUT2D eigenvalue weighted by Crippen LogP contribution is 2.08. The molecule has 1 heterocycles. The summed E-state index contributed by atoms with van der Waals surface area (Å²) in [6, 6.07) is 0. The lowest BCUT2D eigenvalue weighted by molar-refractivity contribution is 1.41. The second-order valence-corrected chi connectivity index (χ2v) is 2.22. The van der Waals surface area contributed by atoms with Crippen molar-refractivity contribution >= 4 is 17.6 Å². The van der Waals surface area contributed by atoms with Gasteiger partial charge in [0.25, 0.3) is 0 Å². The highest BCUT2D eigenvalue weighted by atomic mass is 32.1. The van der Waals surface area contributed by atoms with E-state index in [1.54, 1.807) is 6.08 Å². The van der Waals surface area contributed by atoms with Crippen LogP contribution in [0.1, 0.15) is 11.3 Å². The van der Waals surface area contributed by atoms with Crippen LogP contribution >= 0.6 is 11.5 Å². The Balaban J connectivity index is 3.09. The van der Waals surface area contributed by atoms with Gasteiger partial charge in [-0.05, 0) is 30.1 Å². The quantitative estimate of drug-likeness (QED) is 0.560. The minimum absolute atomic E-state index is 1.01. The molecule has 0 spiro atoms. The minimum Gasteiger partial charge on any atom is -0.193 e. The van der Waals surface area contributed by atoms with Crippen LogP contribution in [0.4, 0.5) is 0 Å². The normalized spacial score (nSPS) is 9.12. The van der Waals surface area contributed by atoms with Gasteiger partial charge in [0.1, 0.15) is 0 Å². The third-order valence-electron chi connectivity index (χ3n) is 0.978. The van der Waals surface area contributed by atoms with Crippen molar-refractivity contribution in [3.63, 3.8) is 0 Å². The summed E-state index contributed by atoms with van der Waals surface area (Å²) >= 11 is 1.47. The summed E-state index contributed by atoms with van der Waals surface area (Å²) in [5, 5.41) is 2.01. The molecule has 0 aliphatic heterocycles. The number of nitrogens with zero attached hydrogens (tertiary/aromatic N) is 1. The predicted octanol–water partition coefficient (Wildman–Crippen LogP) is 2.09. The van der Waals surface area contributed by atoms with Crippen LogP contribution in [0.3, 0.4) is 0 Å². The molecule has 2 heteroatoms. The van der Waals surface area contributed by atoms with Crippen LogP contribution in [0.5, 0.6) is 0 Å². The van der Waals surface area contributed by atoms with E-state index < -0.39 is 0 Å². The smallest absolute Gasteiger partial charge is 0.0791 e. The van der Waals surface area contributed by atoms with E-state index in [0.29, 0.717) is 0 Å². The van der Waals surface area contributed by atoms with Crippen LogP contribution in [0.25, 0.3) is 6.08 Å². The highest BCUT2D eigenvalue weighted by molar-refractivity contribution is 7.03. The van der Waals surface area contributed by atoms with Crippen LogP contribution < -0.4 is 0 Å². The van der Waals surface area contributed by atoms with Crippen LogP contribution in [-0.2, 0) is 0 Å². The maximum atomic E-state index is 4.06. The van der Waals surface area contributed by atoms with Gasteiger partial charge in [0.05, 0.1) is 5.69 Å². The molecule has 0 amide bonds. The molecule has 0 aliphatic rings. The maximum absolute atomic E-state index is 4.06. The van der Waals surface area contributed by atoms with Crippen molar-refractivity contribution in [2.24, 2.45) is 0 Å². The van der Waals surface area contributed by atoms with Crippen molar-refractivity contribution in [1.29, 1.82) is 0 Å². The van der Waals surface area contributed by atoms with Crippen LogP contribution in [-0.4, -0.2) is 4.37 Å². The van der Waals surface area contributed by atoms with E-state index in [-0.39, 0.29) is 0 Å². The van der Waals surface area contributed by atoms with Gasteiger partial charge in [0.15, 0.2) is 0 Å². The average Bonchev–Trinajstić information content (AvgIpc) is 2.14. The molecule has 0 unspecified atom stereocenters. The summed E-state index contributed by atoms with van der Waals surface area (Å²) in [4.78, 5) is 0. The van der Waals surface area contributed by atoms with Crippen LogP contribution in [0.2, 0.25) is 0 Å². The fourth-order valence-electron chi connectivity index (χ4n) is 0.493. The number of aromatic nitrogens is 1. The molecule has 0 atom stereocenters. The zero-order valence-electron chi connectivity index (χ0n) is 4.72. The van der Waals surface area contributed by atoms with Gasteiger partial charge in [-0.2, -0.15) is 4.37 Å². The Hall–Kier alpha value is -0.630. The Labute approximate surface area is 52.8 Å². The molecular formula is C6H7NS. The summed E-state index contributed by atoms with van der Waals surface area (Å²) in [5.41, 5.74) is 2.22. The van der Waals surface area contributed by atoms with Crippen molar-refractivity contribution in [3.8, 4) is 0 Å². The van der Waals surface area contributed by atoms with Gasteiger partial charge < -0.3 is 0 Å². The minimum atomic E-state index is 1.01. The third-order valence-corrected chi connectivity index (χ3v) is 1.74. The second-order valence-electron chi connectivity index (χ2n) is 1.59. The zero-order chi connectivity index (χ0) is 5.98. The molecule has 0 bridgehead atoms. The molecule has 0 radical (unpaired) electrons. The topological polar surface area (TPSA) is 12.9 Å². The second kappa shape index (κ2) is 2.09. The lowest BCUT2D eigenvalue weighted by Crippen LogP contribution is -1.69. The van der Waals surface area contributed by atoms with Crippen LogP contribution in [0.15, 0.2) is 12.0 Å². The van der Waals surface area contributed by atoms with Gasteiger partial charge in [-0.15, -0.1) is 0 Å². The lowest BCUT2D eigenvalue weighted by Gasteiger charge is -1.80. The molecule has 0 fully saturated rings. The standard InChI is InChI=1S/C6H7NS/c1-3-6-5(2)4-8-7-6/h3-4H,1H2,2H3. The fraction of sp³-hybridized carbons (Fsp3) is 0.167. The number of hydrogen-bond acceptors (Lipinski definition) is 2. The molecule has 1 rings (SSSR count). The molecule has 0 aromatic carbocycles. The Morgan fingerprint density at radius 1 is 1.88 bits per heavy atom. The molecule has 0 N–H and O–H groups in total. The van der Waals surface area contributed by atoms with E-state index in [4.69, 9.17) is 0 Å². The van der Waals surface area contributed by atoms with Crippen LogP contribution in [0, 0.1) is 6.92 Å². The van der Waals surface area contributed by atoms with E-state index in [0.717, 1.165) is 5.69 Å². The van der Waals surface area contributed by atoms with Crippen molar-refractivity contribution in [2.45, 2.75) is 6.92 Å². The van der Waals surface area contributed by atoms with Gasteiger partial charge in [-0.25, -0.2) is 0 Å². The van der Waals surface area contributed by atoms with Crippen molar-refractivity contribution in [2.75, 3.05) is 0 Å². The Morgan fingerprint density at radius 3 is 2.88 bits per heavy atom. The molecule has 0 saturated carbocycles. The molecule has 0 saturated heterocycles. The summed E-state index contributed by atoms with van der Waals surface area (Å²) in [6.07, 6.45) is 1.77. The van der Waals surface area contributed by atoms with E-state index >= 15 is 0 Å². The summed E-state index contributed by atoms with van der Waals surface area (Å²) in [7, 11) is 0. The number of hydrogen-bond donors (Lipinski definition) is 0. The molecule has 8 heavy (non-hydrogen) atoms. The van der Waals surface area contributed by atoms with Gasteiger partial charge in [0.2, 0.25) is 0 Å². The maximum Gasteiger partial charge on any atom is 0.0791 e. The summed E-state index contributed by atoms with van der Waals surface area (Å²) in [5.74, 6) is 0. The molecule has 42 valence electrons. The van der Waals surface area contributed by atoms with E-state index in [1.807, 2.05) is 12.3 Å². The molecule has 1 aromatic rings. The van der Waals surface area contributed by atoms with Gasteiger partial charge in [-0.3, -0.25) is 0 Å². The van der Waals surface area contributed by atoms with Crippen molar-refractivity contribution < 1.29 is 0 Å². The SMILES string of the molecule is C=Cc1nscc1C. The first-order chi connectivity index (χ1) is 3.84. The van der Waals surface area contributed by atoms with Crippen molar-refractivity contribution in [3.05, 3.63) is 23.2 Å². The fourth-order valence-corrected chi connectivity index (χ4v) is 1.16. The van der Waals surface area contributed by atoms with E-state index in [2.05, 4.69) is 11.0 Å². The third kappa shape index (κ3) is 0.793. The first-order valence-corrected chi connectivity index (χ1v) is 3.21. The molecule has 1 aromatic heterocycles. The molecule has 0 aliphatic carbocycles. The highest BCUT2D eigenvalue weighted by Gasteiger charge is 1.91. The van der Waals surface area contributed by atoms with Gasteiger partial charge >= 0.3 is 0 Å². The Bertz CT molecular complexity index is 190. The number of aryl methyl sites for hydroxylation is 1. The van der Waals surface area contributed by atoms with E-state index in [9.17, 15) is 0 Å².